The lowest BCUT2D eigenvalue weighted by molar-refractivity contribution is 0.373. The van der Waals surface area contributed by atoms with E-state index in [1.165, 1.54) is 0 Å². The van der Waals surface area contributed by atoms with Gasteiger partial charge >= 0.3 is 0 Å². The van der Waals surface area contributed by atoms with E-state index >= 15 is 0 Å². The van der Waals surface area contributed by atoms with Crippen LogP contribution in [0.2, 0.25) is 10.0 Å². The van der Waals surface area contributed by atoms with Crippen molar-refractivity contribution in [2.75, 3.05) is 11.9 Å². The Morgan fingerprint density at radius 3 is 2.53 bits per heavy atom. The van der Waals surface area contributed by atoms with Crippen LogP contribution in [0.5, 0.6) is 0 Å². The van der Waals surface area contributed by atoms with Crippen molar-refractivity contribution < 1.29 is 0 Å². The average molecular weight is 296 g/mol. The van der Waals surface area contributed by atoms with Crippen LogP contribution < -0.4 is 5.32 Å². The standard InChI is InChI=1S/C12H17Cl3N2/c1-12(2,3)5-9(14)7-17-11-10(15)4-8(13)6-16-11/h4,6,9H,5,7H2,1-3H3,(H,16,17). The second kappa shape index (κ2) is 6.12. The highest BCUT2D eigenvalue weighted by Gasteiger charge is 2.17. The summed E-state index contributed by atoms with van der Waals surface area (Å²) in [5.74, 6) is 0.621. The minimum Gasteiger partial charge on any atom is -0.367 e. The van der Waals surface area contributed by atoms with Crippen molar-refractivity contribution in [2.45, 2.75) is 32.6 Å². The maximum absolute atomic E-state index is 6.24. The number of halogens is 3. The Labute approximate surface area is 118 Å². The van der Waals surface area contributed by atoms with Gasteiger partial charge in [0.2, 0.25) is 0 Å². The highest BCUT2D eigenvalue weighted by atomic mass is 35.5. The number of nitrogens with one attached hydrogen (secondary N) is 1. The zero-order valence-corrected chi connectivity index (χ0v) is 12.5. The van der Waals surface area contributed by atoms with E-state index in [-0.39, 0.29) is 10.8 Å². The van der Waals surface area contributed by atoms with Crippen molar-refractivity contribution in [3.8, 4) is 0 Å². The van der Waals surface area contributed by atoms with Gasteiger partial charge in [0, 0.05) is 12.7 Å². The highest BCUT2D eigenvalue weighted by Crippen LogP contribution is 2.25. The molecule has 17 heavy (non-hydrogen) atoms. The molecule has 0 spiro atoms. The number of pyridine rings is 1. The fourth-order valence-corrected chi connectivity index (χ4v) is 2.48. The number of anilines is 1. The summed E-state index contributed by atoms with van der Waals surface area (Å²) in [6, 6.07) is 1.66. The van der Waals surface area contributed by atoms with Gasteiger partial charge in [0.1, 0.15) is 5.82 Å². The number of rotatable bonds is 4. The number of hydrogen-bond acceptors (Lipinski definition) is 2. The molecule has 0 aliphatic heterocycles. The summed E-state index contributed by atoms with van der Waals surface area (Å²) in [6.45, 7) is 7.12. The topological polar surface area (TPSA) is 24.9 Å². The molecule has 1 aromatic heterocycles. The molecule has 1 rings (SSSR count). The monoisotopic (exact) mass is 294 g/mol. The van der Waals surface area contributed by atoms with Gasteiger partial charge in [-0.05, 0) is 17.9 Å². The maximum Gasteiger partial charge on any atom is 0.144 e. The van der Waals surface area contributed by atoms with Crippen LogP contribution in [0, 0.1) is 5.41 Å². The summed E-state index contributed by atoms with van der Waals surface area (Å²) in [7, 11) is 0. The summed E-state index contributed by atoms with van der Waals surface area (Å²) >= 11 is 18.0. The van der Waals surface area contributed by atoms with Gasteiger partial charge in [-0.2, -0.15) is 0 Å². The molecule has 1 heterocycles. The lowest BCUT2D eigenvalue weighted by Gasteiger charge is -2.22. The molecule has 0 aliphatic rings. The van der Waals surface area contributed by atoms with Gasteiger partial charge in [0.05, 0.1) is 15.4 Å². The fraction of sp³-hybridized carbons (Fsp3) is 0.583. The first-order valence-electron chi connectivity index (χ1n) is 5.47. The number of hydrogen-bond donors (Lipinski definition) is 1. The third-order valence-corrected chi connectivity index (χ3v) is 2.94. The lowest BCUT2D eigenvalue weighted by Crippen LogP contribution is -2.21. The van der Waals surface area contributed by atoms with Crippen molar-refractivity contribution in [3.05, 3.63) is 22.3 Å². The predicted molar refractivity (Wildman–Crippen MR) is 76.5 cm³/mol. The quantitative estimate of drug-likeness (QED) is 0.804. The SMILES string of the molecule is CC(C)(C)CC(Cl)CNc1ncc(Cl)cc1Cl. The van der Waals surface area contributed by atoms with Gasteiger partial charge in [-0.1, -0.05) is 44.0 Å². The Kier molecular flexibility index (Phi) is 5.36. The van der Waals surface area contributed by atoms with E-state index < -0.39 is 0 Å². The van der Waals surface area contributed by atoms with E-state index in [9.17, 15) is 0 Å². The molecular formula is C12H17Cl3N2. The van der Waals surface area contributed by atoms with E-state index in [0.717, 1.165) is 6.42 Å². The molecular weight excluding hydrogens is 279 g/mol. The third kappa shape index (κ3) is 5.80. The van der Waals surface area contributed by atoms with Gasteiger partial charge in [-0.25, -0.2) is 4.98 Å². The molecule has 96 valence electrons. The third-order valence-electron chi connectivity index (χ3n) is 2.13. The zero-order chi connectivity index (χ0) is 13.1. The predicted octanol–water partition coefficient (Wildman–Crippen LogP) is 4.84. The minimum absolute atomic E-state index is 0.0449. The molecule has 0 fully saturated rings. The lowest BCUT2D eigenvalue weighted by atomic mass is 9.90. The molecule has 1 unspecified atom stereocenters. The summed E-state index contributed by atoms with van der Waals surface area (Å²) in [4.78, 5) is 4.11. The smallest absolute Gasteiger partial charge is 0.144 e. The molecule has 0 aliphatic carbocycles. The molecule has 0 amide bonds. The molecule has 1 aromatic rings. The summed E-state index contributed by atoms with van der Waals surface area (Å²) in [5.41, 5.74) is 0.214. The van der Waals surface area contributed by atoms with Crippen molar-refractivity contribution in [1.82, 2.24) is 4.98 Å². The number of alkyl halides is 1. The van der Waals surface area contributed by atoms with Gasteiger partial charge < -0.3 is 5.32 Å². The van der Waals surface area contributed by atoms with Crippen molar-refractivity contribution >= 4 is 40.6 Å². The van der Waals surface area contributed by atoms with E-state index in [2.05, 4.69) is 31.1 Å². The Bertz CT molecular complexity index is 375. The molecule has 0 saturated heterocycles. The van der Waals surface area contributed by atoms with Crippen LogP contribution >= 0.6 is 34.8 Å². The second-order valence-electron chi connectivity index (χ2n) is 5.23. The van der Waals surface area contributed by atoms with E-state index in [1.807, 2.05) is 0 Å². The van der Waals surface area contributed by atoms with Crippen LogP contribution in [0.3, 0.4) is 0 Å². The Balaban J connectivity index is 2.50. The van der Waals surface area contributed by atoms with E-state index in [4.69, 9.17) is 34.8 Å². The molecule has 1 N–H and O–H groups in total. The molecule has 0 radical (unpaired) electrons. The Morgan fingerprint density at radius 2 is 2.00 bits per heavy atom. The molecule has 1 atom stereocenters. The van der Waals surface area contributed by atoms with Crippen LogP contribution in [-0.2, 0) is 0 Å². The molecule has 0 bridgehead atoms. The van der Waals surface area contributed by atoms with Crippen LogP contribution in [-0.4, -0.2) is 16.9 Å². The zero-order valence-electron chi connectivity index (χ0n) is 10.2. The van der Waals surface area contributed by atoms with Crippen molar-refractivity contribution in [2.24, 2.45) is 5.41 Å². The van der Waals surface area contributed by atoms with Crippen molar-refractivity contribution in [3.63, 3.8) is 0 Å². The first kappa shape index (κ1) is 14.9. The molecule has 2 nitrogen and oxygen atoms in total. The summed E-state index contributed by atoms with van der Waals surface area (Å²) < 4.78 is 0. The van der Waals surface area contributed by atoms with Crippen LogP contribution in [0.4, 0.5) is 5.82 Å². The van der Waals surface area contributed by atoms with Crippen LogP contribution in [0.1, 0.15) is 27.2 Å². The van der Waals surface area contributed by atoms with Crippen LogP contribution in [0.15, 0.2) is 12.3 Å². The summed E-state index contributed by atoms with van der Waals surface area (Å²) in [5, 5.41) is 4.21. The molecule has 0 aromatic carbocycles. The van der Waals surface area contributed by atoms with Gasteiger partial charge in [-0.15, -0.1) is 11.6 Å². The Morgan fingerprint density at radius 1 is 1.35 bits per heavy atom. The van der Waals surface area contributed by atoms with Crippen molar-refractivity contribution in [1.29, 1.82) is 0 Å². The first-order valence-corrected chi connectivity index (χ1v) is 6.66. The van der Waals surface area contributed by atoms with E-state index in [0.29, 0.717) is 22.4 Å². The normalized spacial score (nSPS) is 13.5. The average Bonchev–Trinajstić information content (AvgIpc) is 2.13. The minimum atomic E-state index is 0.0449. The first-order chi connectivity index (χ1) is 7.78. The second-order valence-corrected chi connectivity index (χ2v) is 6.69. The van der Waals surface area contributed by atoms with Crippen LogP contribution in [0.25, 0.3) is 0 Å². The number of nitrogens with zero attached hydrogens (tertiary/aromatic N) is 1. The van der Waals surface area contributed by atoms with Gasteiger partial charge in [-0.3, -0.25) is 0 Å². The van der Waals surface area contributed by atoms with Gasteiger partial charge in [0.25, 0.3) is 0 Å². The molecule has 5 heteroatoms. The highest BCUT2D eigenvalue weighted by molar-refractivity contribution is 6.35. The fourth-order valence-electron chi connectivity index (χ4n) is 1.49. The Hall–Kier alpha value is -0.180. The summed E-state index contributed by atoms with van der Waals surface area (Å²) in [6.07, 6.45) is 2.48. The number of aromatic nitrogens is 1. The van der Waals surface area contributed by atoms with Gasteiger partial charge in [0.15, 0.2) is 0 Å². The van der Waals surface area contributed by atoms with E-state index in [1.54, 1.807) is 12.3 Å². The molecule has 0 saturated carbocycles. The largest absolute Gasteiger partial charge is 0.367 e. The maximum atomic E-state index is 6.24.